The largest absolute Gasteiger partial charge is 0.311 e. The van der Waals surface area contributed by atoms with Gasteiger partial charge in [-0.3, -0.25) is 0 Å². The number of anilines is 9. The zero-order valence-corrected chi connectivity index (χ0v) is 42.4. The van der Waals surface area contributed by atoms with Crippen molar-refractivity contribution >= 4 is 74.3 Å². The summed E-state index contributed by atoms with van der Waals surface area (Å²) < 4.78 is 27.8. The first kappa shape index (κ1) is 41.0. The van der Waals surface area contributed by atoms with Gasteiger partial charge in [-0.2, -0.15) is 0 Å². The number of para-hydroxylation sites is 2. The lowest BCUT2D eigenvalue weighted by atomic mass is 9.33. The van der Waals surface area contributed by atoms with Gasteiger partial charge in [-0.05, 0) is 195 Å². The Morgan fingerprint density at radius 1 is 0.429 bits per heavy atom. The highest BCUT2D eigenvalue weighted by Gasteiger charge is 2.47. The summed E-state index contributed by atoms with van der Waals surface area (Å²) in [5.41, 5.74) is 21.8. The van der Waals surface area contributed by atoms with E-state index in [1.807, 2.05) is 12.1 Å². The number of fused-ring (bicyclic) bond motifs is 6. The lowest BCUT2D eigenvalue weighted by molar-refractivity contribution is 0.332. The maximum absolute atomic E-state index is 9.26. The van der Waals surface area contributed by atoms with E-state index in [1.54, 1.807) is 0 Å². The summed E-state index contributed by atoms with van der Waals surface area (Å²) in [6, 6.07) is 61.9. The Kier molecular flexibility index (Phi) is 9.31. The van der Waals surface area contributed by atoms with Gasteiger partial charge in [0.2, 0.25) is 0 Å². The quantitative estimate of drug-likeness (QED) is 0.154. The molecular weight excluding hydrogens is 846 g/mol. The molecule has 0 fully saturated rings. The maximum Gasteiger partial charge on any atom is 0.252 e. The van der Waals surface area contributed by atoms with E-state index in [0.717, 1.165) is 99.0 Å². The van der Waals surface area contributed by atoms with Crippen LogP contribution in [-0.2, 0) is 21.7 Å². The van der Waals surface area contributed by atoms with E-state index in [-0.39, 0.29) is 28.4 Å². The third-order valence-electron chi connectivity index (χ3n) is 17.0. The first-order valence-corrected chi connectivity index (χ1v) is 25.5. The topological polar surface area (TPSA) is 9.72 Å². The molecule has 12 rings (SSSR count). The van der Waals surface area contributed by atoms with Crippen molar-refractivity contribution in [1.82, 2.24) is 0 Å². The Bertz CT molecular complexity index is 3450. The Morgan fingerprint density at radius 3 is 1.59 bits per heavy atom. The molecule has 0 saturated carbocycles. The van der Waals surface area contributed by atoms with E-state index in [2.05, 4.69) is 235 Å². The third kappa shape index (κ3) is 6.99. The standard InChI is InChI=1S/C66H66BN3/c1-43-36-60-62-61(37-43)70(57-38-46(27-26-44(57)2)45-20-14-11-15-21-45)58-40-50(68(47-22-16-12-17-23-47)48-24-18-13-19-25-48)29-31-55(58)67(62)56-41-53-54(66(9,10)35-34-65(53,7)8)42-59(56)69(60)49-28-30-51-52(39-49)64(5,6)33-32-63(51,3)4/h11-31,36-42H,32-35H2,1-10H3/i1D3. The first-order valence-electron chi connectivity index (χ1n) is 27.0. The van der Waals surface area contributed by atoms with Crippen molar-refractivity contribution in [2.45, 2.75) is 117 Å². The van der Waals surface area contributed by atoms with Gasteiger partial charge in [0.25, 0.3) is 6.71 Å². The van der Waals surface area contributed by atoms with E-state index in [0.29, 0.717) is 5.56 Å². The van der Waals surface area contributed by atoms with Gasteiger partial charge in [-0.25, -0.2) is 0 Å². The minimum absolute atomic E-state index is 0.0357. The second-order valence-corrected chi connectivity index (χ2v) is 23.4. The third-order valence-corrected chi connectivity index (χ3v) is 17.0. The molecule has 0 atom stereocenters. The molecule has 0 unspecified atom stereocenters. The molecular formula is C66H66BN3. The van der Waals surface area contributed by atoms with E-state index < -0.39 is 6.85 Å². The fraction of sp³-hybridized carbons (Fsp3) is 0.273. The van der Waals surface area contributed by atoms with Gasteiger partial charge >= 0.3 is 0 Å². The number of benzene rings is 8. The smallest absolute Gasteiger partial charge is 0.252 e. The summed E-state index contributed by atoms with van der Waals surface area (Å²) in [7, 11) is 0. The molecule has 0 aromatic heterocycles. The first-order chi connectivity index (χ1) is 34.7. The molecule has 2 heterocycles. The average molecular weight is 915 g/mol. The van der Waals surface area contributed by atoms with Crippen molar-refractivity contribution < 1.29 is 4.11 Å². The zero-order chi connectivity index (χ0) is 51.0. The highest BCUT2D eigenvalue weighted by molar-refractivity contribution is 7.00. The molecule has 2 aliphatic carbocycles. The number of rotatable bonds is 6. The van der Waals surface area contributed by atoms with Crippen molar-refractivity contribution in [3.8, 4) is 11.1 Å². The van der Waals surface area contributed by atoms with Gasteiger partial charge in [-0.1, -0.05) is 152 Å². The number of hydrogen-bond acceptors (Lipinski definition) is 3. The lowest BCUT2D eigenvalue weighted by Gasteiger charge is -2.48. The molecule has 0 amide bonds. The summed E-state index contributed by atoms with van der Waals surface area (Å²) in [4.78, 5) is 7.21. The van der Waals surface area contributed by atoms with Crippen molar-refractivity contribution in [2.75, 3.05) is 14.7 Å². The molecule has 70 heavy (non-hydrogen) atoms. The van der Waals surface area contributed by atoms with Crippen LogP contribution in [0.15, 0.2) is 170 Å². The molecule has 4 aliphatic rings. The second-order valence-electron chi connectivity index (χ2n) is 23.4. The van der Waals surface area contributed by atoms with Crippen LogP contribution in [0.3, 0.4) is 0 Å². The molecule has 3 nitrogen and oxygen atoms in total. The van der Waals surface area contributed by atoms with Crippen LogP contribution in [-0.4, -0.2) is 6.71 Å². The number of hydrogen-bond donors (Lipinski definition) is 0. The van der Waals surface area contributed by atoms with Crippen LogP contribution in [0, 0.1) is 13.8 Å². The molecule has 348 valence electrons. The van der Waals surface area contributed by atoms with Crippen molar-refractivity contribution in [1.29, 1.82) is 0 Å². The molecule has 0 N–H and O–H groups in total. The summed E-state index contributed by atoms with van der Waals surface area (Å²) in [5, 5.41) is 0. The monoisotopic (exact) mass is 915 g/mol. The predicted molar refractivity (Wildman–Crippen MR) is 301 cm³/mol. The van der Waals surface area contributed by atoms with Gasteiger partial charge in [0.1, 0.15) is 0 Å². The minimum atomic E-state index is -2.40. The molecule has 8 aromatic carbocycles. The Hall–Kier alpha value is -6.78. The lowest BCUT2D eigenvalue weighted by Crippen LogP contribution is -2.62. The highest BCUT2D eigenvalue weighted by Crippen LogP contribution is 2.53. The van der Waals surface area contributed by atoms with Crippen LogP contribution in [0.5, 0.6) is 0 Å². The van der Waals surface area contributed by atoms with Gasteiger partial charge < -0.3 is 14.7 Å². The Balaban J connectivity index is 1.21. The highest BCUT2D eigenvalue weighted by atomic mass is 15.2. The second kappa shape index (κ2) is 15.9. The fourth-order valence-corrected chi connectivity index (χ4v) is 12.7. The van der Waals surface area contributed by atoms with E-state index in [9.17, 15) is 4.11 Å². The minimum Gasteiger partial charge on any atom is -0.311 e. The Morgan fingerprint density at radius 2 is 0.971 bits per heavy atom. The molecule has 2 aliphatic heterocycles. The van der Waals surface area contributed by atoms with Gasteiger partial charge in [0.15, 0.2) is 0 Å². The van der Waals surface area contributed by atoms with E-state index in [4.69, 9.17) is 0 Å². The molecule has 0 saturated heterocycles. The van der Waals surface area contributed by atoms with Crippen LogP contribution < -0.4 is 31.1 Å². The van der Waals surface area contributed by atoms with Gasteiger partial charge in [0.05, 0.1) is 0 Å². The zero-order valence-electron chi connectivity index (χ0n) is 45.4. The van der Waals surface area contributed by atoms with Gasteiger partial charge in [-0.15, -0.1) is 0 Å². The van der Waals surface area contributed by atoms with Gasteiger partial charge in [0, 0.05) is 55.3 Å². The predicted octanol–water partition coefficient (Wildman–Crippen LogP) is 16.2. The van der Waals surface area contributed by atoms with Crippen molar-refractivity contribution in [3.05, 3.63) is 203 Å². The molecule has 0 radical (unpaired) electrons. The summed E-state index contributed by atoms with van der Waals surface area (Å²) >= 11 is 0. The molecule has 0 bridgehead atoms. The van der Waals surface area contributed by atoms with E-state index in [1.165, 1.54) is 33.2 Å². The maximum atomic E-state index is 9.26. The number of nitrogens with zero attached hydrogens (tertiary/aromatic N) is 3. The van der Waals surface area contributed by atoms with Crippen LogP contribution in [0.2, 0.25) is 0 Å². The average Bonchev–Trinajstić information content (AvgIpc) is 3.37. The van der Waals surface area contributed by atoms with Crippen molar-refractivity contribution in [2.24, 2.45) is 0 Å². The van der Waals surface area contributed by atoms with Crippen molar-refractivity contribution in [3.63, 3.8) is 0 Å². The van der Waals surface area contributed by atoms with Crippen LogP contribution >= 0.6 is 0 Å². The molecule has 4 heteroatoms. The van der Waals surface area contributed by atoms with Crippen LogP contribution in [0.1, 0.15) is 119 Å². The van der Waals surface area contributed by atoms with Crippen LogP contribution in [0.25, 0.3) is 11.1 Å². The SMILES string of the molecule is [2H]C([2H])([2H])c1cc2c3c(c1)N(c1cc(-c4ccccc4)ccc1C)c1cc(N(c4ccccc4)c4ccccc4)ccc1B3c1cc3c(cc1N2c1ccc2c(c1)C(C)(C)CCC2(C)C)C(C)(C)CCC3(C)C. The Labute approximate surface area is 422 Å². The number of aryl methyl sites for hydroxylation is 2. The van der Waals surface area contributed by atoms with E-state index >= 15 is 0 Å². The van der Waals surface area contributed by atoms with Crippen LogP contribution in [0.4, 0.5) is 51.2 Å². The summed E-state index contributed by atoms with van der Waals surface area (Å²) in [6.07, 6.45) is 4.40. The summed E-state index contributed by atoms with van der Waals surface area (Å²) in [5.74, 6) is 0. The fourth-order valence-electron chi connectivity index (χ4n) is 12.7. The normalized spacial score (nSPS) is 18.2. The molecule has 8 aromatic rings. The summed E-state index contributed by atoms with van der Waals surface area (Å²) in [6.45, 7) is 18.8. The molecule has 0 spiro atoms.